The first-order chi connectivity index (χ1) is 15.4. The fourth-order valence-electron chi connectivity index (χ4n) is 4.26. The fourth-order valence-corrected chi connectivity index (χ4v) is 4.80. The van der Waals surface area contributed by atoms with E-state index in [-0.39, 0.29) is 22.2 Å². The van der Waals surface area contributed by atoms with E-state index in [1.54, 1.807) is 24.3 Å². The second-order valence-corrected chi connectivity index (χ2v) is 9.48. The van der Waals surface area contributed by atoms with Crippen LogP contribution in [-0.2, 0) is 6.54 Å². The first-order valence-corrected chi connectivity index (χ1v) is 11.3. The molecule has 2 fully saturated rings. The van der Waals surface area contributed by atoms with Crippen molar-refractivity contribution in [3.8, 4) is 0 Å². The second-order valence-electron chi connectivity index (χ2n) is 8.34. The number of rotatable bonds is 6. The van der Waals surface area contributed by atoms with Gasteiger partial charge >= 0.3 is 5.51 Å². The molecule has 1 spiro atoms. The molecular weight excluding hydrogens is 433 g/mol. The van der Waals surface area contributed by atoms with Crippen LogP contribution in [0.1, 0.15) is 18.4 Å². The minimum absolute atomic E-state index is 0.0725. The molecule has 0 amide bonds. The van der Waals surface area contributed by atoms with E-state index >= 15 is 0 Å². The Morgan fingerprint density at radius 3 is 2.44 bits per heavy atom. The van der Waals surface area contributed by atoms with Crippen molar-refractivity contribution in [2.24, 2.45) is 0 Å². The third kappa shape index (κ3) is 4.86. The lowest BCUT2D eigenvalue weighted by Gasteiger charge is -2.23. The molecule has 1 aromatic heterocycles. The number of thioether (sulfide) groups is 1. The summed E-state index contributed by atoms with van der Waals surface area (Å²) in [7, 11) is 0. The number of para-hydroxylation sites is 1. The molecule has 2 aliphatic rings. The zero-order valence-corrected chi connectivity index (χ0v) is 18.2. The summed E-state index contributed by atoms with van der Waals surface area (Å²) in [6, 6.07) is 20.8. The lowest BCUT2D eigenvalue weighted by atomic mass is 10.2. The van der Waals surface area contributed by atoms with E-state index in [4.69, 9.17) is 0 Å². The Bertz CT molecular complexity index is 1070. The number of hydrogen-bond acceptors (Lipinski definition) is 5. The largest absolute Gasteiger partial charge is 0.446 e. The summed E-state index contributed by atoms with van der Waals surface area (Å²) in [5, 5.41) is 3.34. The molecule has 32 heavy (non-hydrogen) atoms. The third-order valence-electron chi connectivity index (χ3n) is 6.00. The van der Waals surface area contributed by atoms with Crippen molar-refractivity contribution in [1.29, 1.82) is 0 Å². The number of aromatic nitrogens is 1. The Hall–Kier alpha value is -2.71. The van der Waals surface area contributed by atoms with E-state index in [0.29, 0.717) is 0 Å². The first kappa shape index (κ1) is 21.2. The molecule has 166 valence electrons. The molecule has 2 aromatic carbocycles. The standard InChI is InChI=1S/C24H23F3N4S/c25-24(26,27)32-21-8-6-20(7-9-21)30-16-23(11-12-23)31(17-30)15-18-10-13-28-22(14-18)29-19-4-2-1-3-5-19/h1-10,13-14H,11-12,15-17H2,(H,28,29). The van der Waals surface area contributed by atoms with Gasteiger partial charge in [0.1, 0.15) is 5.82 Å². The zero-order chi connectivity index (χ0) is 22.2. The van der Waals surface area contributed by atoms with Crippen molar-refractivity contribution >= 4 is 29.0 Å². The van der Waals surface area contributed by atoms with Crippen molar-refractivity contribution in [3.05, 3.63) is 78.5 Å². The number of alkyl halides is 3. The van der Waals surface area contributed by atoms with Crippen LogP contribution < -0.4 is 10.2 Å². The van der Waals surface area contributed by atoms with Crippen LogP contribution in [0.4, 0.5) is 30.4 Å². The summed E-state index contributed by atoms with van der Waals surface area (Å²) < 4.78 is 37.8. The van der Waals surface area contributed by atoms with E-state index < -0.39 is 5.51 Å². The van der Waals surface area contributed by atoms with Crippen LogP contribution in [0.5, 0.6) is 0 Å². The maximum absolute atomic E-state index is 12.6. The van der Waals surface area contributed by atoms with E-state index in [1.807, 2.05) is 42.6 Å². The fraction of sp³-hybridized carbons (Fsp3) is 0.292. The highest BCUT2D eigenvalue weighted by Gasteiger charge is 2.53. The van der Waals surface area contributed by atoms with E-state index in [1.165, 1.54) is 5.56 Å². The molecule has 4 nitrogen and oxygen atoms in total. The quantitative estimate of drug-likeness (QED) is 0.443. The second kappa shape index (κ2) is 8.33. The average Bonchev–Trinajstić information content (AvgIpc) is 3.45. The van der Waals surface area contributed by atoms with Crippen LogP contribution in [-0.4, -0.2) is 34.1 Å². The number of anilines is 3. The van der Waals surface area contributed by atoms with Crippen molar-refractivity contribution in [2.45, 2.75) is 35.3 Å². The van der Waals surface area contributed by atoms with Crippen molar-refractivity contribution in [3.63, 3.8) is 0 Å². The van der Waals surface area contributed by atoms with Gasteiger partial charge < -0.3 is 10.2 Å². The monoisotopic (exact) mass is 456 g/mol. The first-order valence-electron chi connectivity index (χ1n) is 10.5. The molecule has 1 aliphatic heterocycles. The highest BCUT2D eigenvalue weighted by molar-refractivity contribution is 8.00. The predicted octanol–water partition coefficient (Wildman–Crippen LogP) is 6.25. The Balaban J connectivity index is 1.26. The molecule has 1 aliphatic carbocycles. The predicted molar refractivity (Wildman–Crippen MR) is 122 cm³/mol. The molecular formula is C24H23F3N4S. The van der Waals surface area contributed by atoms with Crippen LogP contribution in [0.3, 0.4) is 0 Å². The molecule has 0 bridgehead atoms. The Kier molecular flexibility index (Phi) is 5.51. The maximum Gasteiger partial charge on any atom is 0.446 e. The van der Waals surface area contributed by atoms with Crippen LogP contribution in [0.25, 0.3) is 0 Å². The molecule has 8 heteroatoms. The van der Waals surface area contributed by atoms with Gasteiger partial charge in [-0.1, -0.05) is 18.2 Å². The van der Waals surface area contributed by atoms with Crippen LogP contribution in [0, 0.1) is 0 Å². The van der Waals surface area contributed by atoms with Gasteiger partial charge in [0.25, 0.3) is 0 Å². The third-order valence-corrected chi connectivity index (χ3v) is 6.74. The van der Waals surface area contributed by atoms with Crippen LogP contribution in [0.2, 0.25) is 0 Å². The summed E-state index contributed by atoms with van der Waals surface area (Å²) >= 11 is -0.0725. The maximum atomic E-state index is 12.6. The number of nitrogens with zero attached hydrogens (tertiary/aromatic N) is 3. The molecule has 1 saturated carbocycles. The molecule has 5 rings (SSSR count). The highest BCUT2D eigenvalue weighted by atomic mass is 32.2. The lowest BCUT2D eigenvalue weighted by molar-refractivity contribution is -0.0328. The Labute approximate surface area is 189 Å². The van der Waals surface area contributed by atoms with Crippen LogP contribution in [0.15, 0.2) is 77.8 Å². The van der Waals surface area contributed by atoms with Gasteiger partial charge in [0, 0.05) is 41.1 Å². The zero-order valence-electron chi connectivity index (χ0n) is 17.3. The van der Waals surface area contributed by atoms with Crippen LogP contribution >= 0.6 is 11.8 Å². The van der Waals surface area contributed by atoms with Gasteiger partial charge in [-0.2, -0.15) is 13.2 Å². The van der Waals surface area contributed by atoms with Gasteiger partial charge in [-0.3, -0.25) is 4.90 Å². The molecule has 0 radical (unpaired) electrons. The SMILES string of the molecule is FC(F)(F)Sc1ccc(N2CN(Cc3ccnc(Nc4ccccc4)c3)C3(CC3)C2)cc1. The molecule has 2 heterocycles. The summed E-state index contributed by atoms with van der Waals surface area (Å²) in [5.74, 6) is 0.812. The molecule has 0 atom stereocenters. The Morgan fingerprint density at radius 2 is 1.75 bits per heavy atom. The smallest absolute Gasteiger partial charge is 0.357 e. The molecule has 3 aromatic rings. The summed E-state index contributed by atoms with van der Waals surface area (Å²) in [6.07, 6.45) is 4.11. The van der Waals surface area contributed by atoms with Gasteiger partial charge in [0.05, 0.1) is 6.67 Å². The number of nitrogens with one attached hydrogen (secondary N) is 1. The lowest BCUT2D eigenvalue weighted by Crippen LogP contribution is -2.32. The van der Waals surface area contributed by atoms with Crippen molar-refractivity contribution < 1.29 is 13.2 Å². The van der Waals surface area contributed by atoms with E-state index in [0.717, 1.165) is 49.8 Å². The van der Waals surface area contributed by atoms with E-state index in [9.17, 15) is 13.2 Å². The van der Waals surface area contributed by atoms with Crippen molar-refractivity contribution in [2.75, 3.05) is 23.4 Å². The number of pyridine rings is 1. The molecule has 0 unspecified atom stereocenters. The normalized spacial score (nSPS) is 17.7. The minimum atomic E-state index is -4.26. The number of hydrogen-bond donors (Lipinski definition) is 1. The molecule has 1 saturated heterocycles. The minimum Gasteiger partial charge on any atom is -0.357 e. The molecule has 1 N–H and O–H groups in total. The summed E-state index contributed by atoms with van der Waals surface area (Å²) in [5.41, 5.74) is -0.955. The summed E-state index contributed by atoms with van der Waals surface area (Å²) in [6.45, 7) is 2.47. The summed E-state index contributed by atoms with van der Waals surface area (Å²) in [4.78, 5) is 9.39. The average molecular weight is 457 g/mol. The van der Waals surface area contributed by atoms with Crippen molar-refractivity contribution in [1.82, 2.24) is 9.88 Å². The highest BCUT2D eigenvalue weighted by Crippen LogP contribution is 2.48. The number of benzene rings is 2. The van der Waals surface area contributed by atoms with Gasteiger partial charge in [0.15, 0.2) is 0 Å². The topological polar surface area (TPSA) is 31.4 Å². The number of halogens is 3. The van der Waals surface area contributed by atoms with Gasteiger partial charge in [0.2, 0.25) is 0 Å². The van der Waals surface area contributed by atoms with E-state index in [2.05, 4.69) is 26.2 Å². The Morgan fingerprint density at radius 1 is 1.00 bits per heavy atom. The van der Waals surface area contributed by atoms with Gasteiger partial charge in [-0.15, -0.1) is 0 Å². The van der Waals surface area contributed by atoms with Gasteiger partial charge in [-0.05, 0) is 78.7 Å². The van der Waals surface area contributed by atoms with Gasteiger partial charge in [-0.25, -0.2) is 4.98 Å².